The van der Waals surface area contributed by atoms with Crippen LogP contribution in [0, 0.1) is 5.92 Å². The predicted molar refractivity (Wildman–Crippen MR) is 92.9 cm³/mol. The van der Waals surface area contributed by atoms with Crippen LogP contribution in [0.5, 0.6) is 0 Å². The molecule has 1 aromatic carbocycles. The molecule has 0 aliphatic carbocycles. The molecule has 2 N–H and O–H groups in total. The van der Waals surface area contributed by atoms with E-state index in [2.05, 4.69) is 12.1 Å². The molecule has 2 aliphatic rings. The largest absolute Gasteiger partial charge is 0.342 e. The van der Waals surface area contributed by atoms with Crippen molar-refractivity contribution in [3.63, 3.8) is 0 Å². The van der Waals surface area contributed by atoms with Crippen LogP contribution in [0.25, 0.3) is 0 Å². The fourth-order valence-corrected chi connectivity index (χ4v) is 5.24. The molecule has 2 fully saturated rings. The minimum absolute atomic E-state index is 0.0222. The topological polar surface area (TPSA) is 83.7 Å². The fourth-order valence-electron chi connectivity index (χ4n) is 3.71. The molecule has 132 valence electrons. The Kier molecular flexibility index (Phi) is 5.22. The lowest BCUT2D eigenvalue weighted by atomic mass is 9.89. The molecular formula is C17H25N3O3S. The molecule has 0 bridgehead atoms. The molecule has 2 aliphatic heterocycles. The Morgan fingerprint density at radius 1 is 1.21 bits per heavy atom. The van der Waals surface area contributed by atoms with Crippen LogP contribution >= 0.6 is 0 Å². The van der Waals surface area contributed by atoms with E-state index >= 15 is 0 Å². The molecule has 0 saturated carbocycles. The van der Waals surface area contributed by atoms with Gasteiger partial charge >= 0.3 is 0 Å². The maximum atomic E-state index is 12.5. The molecule has 0 aromatic heterocycles. The van der Waals surface area contributed by atoms with E-state index < -0.39 is 10.0 Å². The van der Waals surface area contributed by atoms with E-state index in [1.165, 1.54) is 9.87 Å². The number of hydrogen-bond donors (Lipinski definition) is 1. The van der Waals surface area contributed by atoms with Gasteiger partial charge in [0.1, 0.15) is 0 Å². The van der Waals surface area contributed by atoms with Crippen molar-refractivity contribution in [1.82, 2.24) is 9.21 Å². The number of amides is 1. The lowest BCUT2D eigenvalue weighted by molar-refractivity contribution is -0.130. The summed E-state index contributed by atoms with van der Waals surface area (Å²) in [6.45, 7) is 2.69. The Balaban J connectivity index is 1.60. The summed E-state index contributed by atoms with van der Waals surface area (Å²) in [5, 5.41) is 0. The highest BCUT2D eigenvalue weighted by Crippen LogP contribution is 2.32. The van der Waals surface area contributed by atoms with Gasteiger partial charge in [0.15, 0.2) is 0 Å². The Labute approximate surface area is 143 Å². The van der Waals surface area contributed by atoms with Gasteiger partial charge in [-0.15, -0.1) is 0 Å². The second-order valence-corrected chi connectivity index (χ2v) is 8.72. The zero-order valence-corrected chi connectivity index (χ0v) is 14.6. The number of carbonyl (C=O) groups excluding carboxylic acids is 1. The second-order valence-electron chi connectivity index (χ2n) is 6.63. The third kappa shape index (κ3) is 3.63. The standard InChI is InChI=1S/C17H25N3O3S/c18-11-15-12-19(13-16(15)14-5-2-1-3-6-14)17(21)7-9-20-8-4-10-24(20,22)23/h1-3,5-6,15-16H,4,7-13,18H2/t15-,16+/m1/s1. The number of carbonyl (C=O) groups is 1. The zero-order chi connectivity index (χ0) is 17.2. The first-order valence-electron chi connectivity index (χ1n) is 8.52. The van der Waals surface area contributed by atoms with E-state index in [-0.39, 0.29) is 29.9 Å². The summed E-state index contributed by atoms with van der Waals surface area (Å²) in [5.41, 5.74) is 7.12. The molecule has 0 spiro atoms. The van der Waals surface area contributed by atoms with Crippen LogP contribution in [0.4, 0.5) is 0 Å². The third-order valence-electron chi connectivity index (χ3n) is 5.10. The van der Waals surface area contributed by atoms with Gasteiger partial charge in [0.05, 0.1) is 5.75 Å². The second kappa shape index (κ2) is 7.21. The number of nitrogens with two attached hydrogens (primary N) is 1. The molecule has 2 saturated heterocycles. The van der Waals surface area contributed by atoms with E-state index in [1.54, 1.807) is 0 Å². The number of sulfonamides is 1. The molecule has 1 aromatic rings. The van der Waals surface area contributed by atoms with Crippen molar-refractivity contribution in [2.24, 2.45) is 11.7 Å². The molecule has 6 nitrogen and oxygen atoms in total. The molecule has 1 amide bonds. The van der Waals surface area contributed by atoms with Crippen LogP contribution in [0.3, 0.4) is 0 Å². The van der Waals surface area contributed by atoms with E-state index in [0.717, 1.165) is 0 Å². The summed E-state index contributed by atoms with van der Waals surface area (Å²) in [4.78, 5) is 14.4. The average molecular weight is 351 g/mol. The molecule has 3 rings (SSSR count). The Hall–Kier alpha value is -1.44. The van der Waals surface area contributed by atoms with E-state index in [1.807, 2.05) is 23.1 Å². The molecule has 0 unspecified atom stereocenters. The summed E-state index contributed by atoms with van der Waals surface area (Å²) in [6.07, 6.45) is 0.906. The Bertz CT molecular complexity index is 678. The zero-order valence-electron chi connectivity index (χ0n) is 13.8. The van der Waals surface area contributed by atoms with Crippen molar-refractivity contribution in [2.75, 3.05) is 38.5 Å². The lowest BCUT2D eigenvalue weighted by Gasteiger charge is -2.19. The van der Waals surface area contributed by atoms with Gasteiger partial charge in [0, 0.05) is 38.5 Å². The normalized spacial score (nSPS) is 26.8. The van der Waals surface area contributed by atoms with Gasteiger partial charge in [0.2, 0.25) is 15.9 Å². The first-order chi connectivity index (χ1) is 11.5. The first kappa shape index (κ1) is 17.4. The highest BCUT2D eigenvalue weighted by Gasteiger charge is 2.36. The quantitative estimate of drug-likeness (QED) is 0.843. The lowest BCUT2D eigenvalue weighted by Crippen LogP contribution is -2.34. The van der Waals surface area contributed by atoms with Crippen LogP contribution in [-0.2, 0) is 14.8 Å². The van der Waals surface area contributed by atoms with Gasteiger partial charge < -0.3 is 10.6 Å². The van der Waals surface area contributed by atoms with Crippen LogP contribution in [-0.4, -0.2) is 62.0 Å². The summed E-state index contributed by atoms with van der Waals surface area (Å²) in [6, 6.07) is 10.2. The third-order valence-corrected chi connectivity index (χ3v) is 7.06. The van der Waals surface area contributed by atoms with Crippen LogP contribution < -0.4 is 5.73 Å². The average Bonchev–Trinajstić information content (AvgIpc) is 3.16. The molecule has 7 heteroatoms. The Morgan fingerprint density at radius 3 is 2.58 bits per heavy atom. The first-order valence-corrected chi connectivity index (χ1v) is 10.1. The molecule has 24 heavy (non-hydrogen) atoms. The van der Waals surface area contributed by atoms with Crippen molar-refractivity contribution < 1.29 is 13.2 Å². The van der Waals surface area contributed by atoms with Crippen molar-refractivity contribution in [3.05, 3.63) is 35.9 Å². The van der Waals surface area contributed by atoms with Gasteiger partial charge in [-0.05, 0) is 24.4 Å². The number of hydrogen-bond acceptors (Lipinski definition) is 4. The molecule has 2 atom stereocenters. The van der Waals surface area contributed by atoms with Crippen molar-refractivity contribution in [3.8, 4) is 0 Å². The molecule has 2 heterocycles. The summed E-state index contributed by atoms with van der Waals surface area (Å²) >= 11 is 0. The minimum Gasteiger partial charge on any atom is -0.342 e. The maximum absolute atomic E-state index is 12.5. The van der Waals surface area contributed by atoms with E-state index in [4.69, 9.17) is 5.73 Å². The van der Waals surface area contributed by atoms with E-state index in [0.29, 0.717) is 39.1 Å². The SMILES string of the molecule is NC[C@@H]1CN(C(=O)CCN2CCCS2(=O)=O)C[C@H]1c1ccccc1. The maximum Gasteiger partial charge on any atom is 0.223 e. The predicted octanol–water partition coefficient (Wildman–Crippen LogP) is 0.613. The summed E-state index contributed by atoms with van der Waals surface area (Å²) in [5.74, 6) is 0.743. The molecule has 0 radical (unpaired) electrons. The summed E-state index contributed by atoms with van der Waals surface area (Å²) < 4.78 is 25.1. The number of nitrogens with zero attached hydrogens (tertiary/aromatic N) is 2. The Morgan fingerprint density at radius 2 is 1.96 bits per heavy atom. The van der Waals surface area contributed by atoms with Crippen LogP contribution in [0.15, 0.2) is 30.3 Å². The summed E-state index contributed by atoms with van der Waals surface area (Å²) in [7, 11) is -3.13. The number of rotatable bonds is 5. The van der Waals surface area contributed by atoms with Gasteiger partial charge in [-0.25, -0.2) is 12.7 Å². The highest BCUT2D eigenvalue weighted by molar-refractivity contribution is 7.89. The number of benzene rings is 1. The van der Waals surface area contributed by atoms with Crippen LogP contribution in [0.1, 0.15) is 24.3 Å². The fraction of sp³-hybridized carbons (Fsp3) is 0.588. The van der Waals surface area contributed by atoms with Gasteiger partial charge in [0.25, 0.3) is 0 Å². The van der Waals surface area contributed by atoms with Crippen LogP contribution in [0.2, 0.25) is 0 Å². The molecular weight excluding hydrogens is 326 g/mol. The van der Waals surface area contributed by atoms with E-state index in [9.17, 15) is 13.2 Å². The van der Waals surface area contributed by atoms with Crippen molar-refractivity contribution in [2.45, 2.75) is 18.8 Å². The monoisotopic (exact) mass is 351 g/mol. The minimum atomic E-state index is -3.13. The van der Waals surface area contributed by atoms with Crippen molar-refractivity contribution >= 4 is 15.9 Å². The number of likely N-dealkylation sites (tertiary alicyclic amines) is 1. The van der Waals surface area contributed by atoms with Gasteiger partial charge in [-0.3, -0.25) is 4.79 Å². The smallest absolute Gasteiger partial charge is 0.223 e. The van der Waals surface area contributed by atoms with Gasteiger partial charge in [-0.2, -0.15) is 0 Å². The van der Waals surface area contributed by atoms with Crippen molar-refractivity contribution in [1.29, 1.82) is 0 Å². The van der Waals surface area contributed by atoms with Gasteiger partial charge in [-0.1, -0.05) is 30.3 Å². The highest BCUT2D eigenvalue weighted by atomic mass is 32.2.